The molecule has 0 aliphatic rings. The Kier molecular flexibility index (Phi) is 7.20. The predicted molar refractivity (Wildman–Crippen MR) is 122 cm³/mol. The summed E-state index contributed by atoms with van der Waals surface area (Å²) in [5, 5.41) is 3.49. The summed E-state index contributed by atoms with van der Waals surface area (Å²) in [6.45, 7) is 1.72. The van der Waals surface area contributed by atoms with Gasteiger partial charge in [0.15, 0.2) is 6.61 Å². The Labute approximate surface area is 187 Å². The summed E-state index contributed by atoms with van der Waals surface area (Å²) in [7, 11) is -2.16. The van der Waals surface area contributed by atoms with Crippen molar-refractivity contribution in [2.24, 2.45) is 0 Å². The number of nitrogens with zero attached hydrogens (tertiary/aromatic N) is 1. The summed E-state index contributed by atoms with van der Waals surface area (Å²) in [4.78, 5) is 12.4. The number of hydrogen-bond acceptors (Lipinski definition) is 4. The second kappa shape index (κ2) is 9.85. The van der Waals surface area contributed by atoms with E-state index in [1.165, 1.54) is 11.4 Å². The Balaban J connectivity index is 1.56. The number of amides is 1. The lowest BCUT2D eigenvalue weighted by atomic mass is 10.1. The molecule has 1 N–H and O–H groups in total. The maximum atomic E-state index is 12.7. The van der Waals surface area contributed by atoms with Crippen molar-refractivity contribution in [3.05, 3.63) is 89.4 Å². The SMILES string of the molecule is C[C@@H](NC(=O)COc1ccc(N(C)S(=O)(=O)c2ccccc2)cc1)c1ccc(Cl)cc1. The lowest BCUT2D eigenvalue weighted by Crippen LogP contribution is -2.31. The zero-order valence-corrected chi connectivity index (χ0v) is 18.7. The number of hydrogen-bond donors (Lipinski definition) is 1. The summed E-state index contributed by atoms with van der Waals surface area (Å²) < 4.78 is 32.1. The van der Waals surface area contributed by atoms with E-state index in [-0.39, 0.29) is 23.5 Å². The molecule has 0 saturated carbocycles. The van der Waals surface area contributed by atoms with Crippen LogP contribution < -0.4 is 14.4 Å². The number of ether oxygens (including phenoxy) is 1. The van der Waals surface area contributed by atoms with Gasteiger partial charge in [-0.1, -0.05) is 41.9 Å². The maximum Gasteiger partial charge on any atom is 0.264 e. The Morgan fingerprint density at radius 1 is 1.00 bits per heavy atom. The molecular formula is C23H23ClN2O4S. The van der Waals surface area contributed by atoms with Crippen LogP contribution in [0.15, 0.2) is 83.8 Å². The number of rotatable bonds is 8. The van der Waals surface area contributed by atoms with Gasteiger partial charge < -0.3 is 10.1 Å². The molecule has 31 heavy (non-hydrogen) atoms. The van der Waals surface area contributed by atoms with Gasteiger partial charge in [0, 0.05) is 12.1 Å². The van der Waals surface area contributed by atoms with Gasteiger partial charge in [-0.3, -0.25) is 9.10 Å². The third kappa shape index (κ3) is 5.77. The van der Waals surface area contributed by atoms with Crippen molar-refractivity contribution in [1.82, 2.24) is 5.32 Å². The van der Waals surface area contributed by atoms with Crippen LogP contribution in [0.2, 0.25) is 5.02 Å². The standard InChI is InChI=1S/C23H23ClN2O4S/c1-17(18-8-10-19(24)11-9-18)25-23(27)16-30-21-14-12-20(13-15-21)26(2)31(28,29)22-6-4-3-5-7-22/h3-15,17H,16H2,1-2H3,(H,25,27)/t17-/m1/s1. The minimum Gasteiger partial charge on any atom is -0.484 e. The van der Waals surface area contributed by atoms with Crippen molar-refractivity contribution in [3.63, 3.8) is 0 Å². The molecule has 6 nitrogen and oxygen atoms in total. The largest absolute Gasteiger partial charge is 0.484 e. The zero-order valence-electron chi connectivity index (χ0n) is 17.2. The van der Waals surface area contributed by atoms with Crippen LogP contribution in [0.1, 0.15) is 18.5 Å². The minimum absolute atomic E-state index is 0.157. The summed E-state index contributed by atoms with van der Waals surface area (Å²) in [6, 6.07) is 21.8. The smallest absolute Gasteiger partial charge is 0.264 e. The molecule has 3 aromatic carbocycles. The van der Waals surface area contributed by atoms with Gasteiger partial charge in [-0.25, -0.2) is 8.42 Å². The van der Waals surface area contributed by atoms with Crippen LogP contribution in [0.25, 0.3) is 0 Å². The fourth-order valence-electron chi connectivity index (χ4n) is 2.91. The molecular weight excluding hydrogens is 436 g/mol. The van der Waals surface area contributed by atoms with Gasteiger partial charge in [0.2, 0.25) is 0 Å². The van der Waals surface area contributed by atoms with E-state index in [0.717, 1.165) is 5.56 Å². The molecule has 0 aliphatic carbocycles. The second-order valence-corrected chi connectivity index (χ2v) is 9.31. The molecule has 0 radical (unpaired) electrons. The molecule has 1 atom stereocenters. The molecule has 8 heteroatoms. The molecule has 0 aliphatic heterocycles. The number of sulfonamides is 1. The van der Waals surface area contributed by atoms with Crippen molar-refractivity contribution >= 4 is 33.2 Å². The third-order valence-corrected chi connectivity index (χ3v) is 6.77. The van der Waals surface area contributed by atoms with E-state index in [2.05, 4.69) is 5.32 Å². The molecule has 3 rings (SSSR count). The normalized spacial score (nSPS) is 12.1. The van der Waals surface area contributed by atoms with Crippen molar-refractivity contribution in [3.8, 4) is 5.75 Å². The lowest BCUT2D eigenvalue weighted by molar-refractivity contribution is -0.123. The van der Waals surface area contributed by atoms with E-state index in [4.69, 9.17) is 16.3 Å². The highest BCUT2D eigenvalue weighted by Gasteiger charge is 2.20. The average molecular weight is 459 g/mol. The Morgan fingerprint density at radius 2 is 1.61 bits per heavy atom. The van der Waals surface area contributed by atoms with E-state index in [1.807, 2.05) is 19.1 Å². The molecule has 0 spiro atoms. The summed E-state index contributed by atoms with van der Waals surface area (Å²) >= 11 is 5.88. The van der Waals surface area contributed by atoms with Crippen molar-refractivity contribution < 1.29 is 17.9 Å². The number of carbonyl (C=O) groups is 1. The maximum absolute atomic E-state index is 12.7. The van der Waals surface area contributed by atoms with Crippen LogP contribution in [0.5, 0.6) is 5.75 Å². The van der Waals surface area contributed by atoms with Crippen LogP contribution in [-0.2, 0) is 14.8 Å². The molecule has 0 unspecified atom stereocenters. The first-order chi connectivity index (χ1) is 14.8. The fraction of sp³-hybridized carbons (Fsp3) is 0.174. The van der Waals surface area contributed by atoms with Gasteiger partial charge in [0.25, 0.3) is 15.9 Å². The van der Waals surface area contributed by atoms with E-state index in [1.54, 1.807) is 66.7 Å². The van der Waals surface area contributed by atoms with E-state index >= 15 is 0 Å². The first kappa shape index (κ1) is 22.7. The zero-order chi connectivity index (χ0) is 22.4. The molecule has 0 aromatic heterocycles. The van der Waals surface area contributed by atoms with Crippen LogP contribution in [0.3, 0.4) is 0 Å². The highest BCUT2D eigenvalue weighted by atomic mass is 35.5. The summed E-state index contributed by atoms with van der Waals surface area (Å²) in [5.41, 5.74) is 1.42. The Hall–Kier alpha value is -3.03. The Bertz CT molecular complexity index is 1120. The van der Waals surface area contributed by atoms with Crippen LogP contribution in [0.4, 0.5) is 5.69 Å². The summed E-state index contributed by atoms with van der Waals surface area (Å²) in [5.74, 6) is 0.193. The van der Waals surface area contributed by atoms with Gasteiger partial charge in [-0.15, -0.1) is 0 Å². The number of anilines is 1. The highest BCUT2D eigenvalue weighted by Crippen LogP contribution is 2.24. The van der Waals surface area contributed by atoms with Crippen molar-refractivity contribution in [1.29, 1.82) is 0 Å². The molecule has 0 heterocycles. The van der Waals surface area contributed by atoms with Crippen LogP contribution in [0, 0.1) is 0 Å². The number of carbonyl (C=O) groups excluding carboxylic acids is 1. The van der Waals surface area contributed by atoms with E-state index in [9.17, 15) is 13.2 Å². The van der Waals surface area contributed by atoms with Crippen molar-refractivity contribution in [2.75, 3.05) is 18.0 Å². The topological polar surface area (TPSA) is 75.7 Å². The monoisotopic (exact) mass is 458 g/mol. The van der Waals surface area contributed by atoms with Gasteiger partial charge >= 0.3 is 0 Å². The second-order valence-electron chi connectivity index (χ2n) is 6.91. The average Bonchev–Trinajstić information content (AvgIpc) is 2.78. The van der Waals surface area contributed by atoms with Gasteiger partial charge in [-0.05, 0) is 61.0 Å². The molecule has 162 valence electrons. The number of halogens is 1. The summed E-state index contributed by atoms with van der Waals surface area (Å²) in [6.07, 6.45) is 0. The number of nitrogens with one attached hydrogen (secondary N) is 1. The molecule has 0 saturated heterocycles. The lowest BCUT2D eigenvalue weighted by Gasteiger charge is -2.20. The molecule has 0 bridgehead atoms. The van der Waals surface area contributed by atoms with E-state index < -0.39 is 10.0 Å². The first-order valence-corrected chi connectivity index (χ1v) is 11.4. The van der Waals surface area contributed by atoms with E-state index in [0.29, 0.717) is 16.5 Å². The highest BCUT2D eigenvalue weighted by molar-refractivity contribution is 7.92. The van der Waals surface area contributed by atoms with Gasteiger partial charge in [0.1, 0.15) is 5.75 Å². The molecule has 0 fully saturated rings. The van der Waals surface area contributed by atoms with Crippen LogP contribution in [-0.4, -0.2) is 28.0 Å². The third-order valence-electron chi connectivity index (χ3n) is 4.72. The first-order valence-electron chi connectivity index (χ1n) is 9.59. The number of benzene rings is 3. The van der Waals surface area contributed by atoms with Crippen molar-refractivity contribution in [2.45, 2.75) is 17.9 Å². The predicted octanol–water partition coefficient (Wildman–Crippen LogP) is 4.42. The van der Waals surface area contributed by atoms with Gasteiger partial charge in [0.05, 0.1) is 16.6 Å². The van der Waals surface area contributed by atoms with Crippen LogP contribution >= 0.6 is 11.6 Å². The minimum atomic E-state index is -3.65. The molecule has 1 amide bonds. The van der Waals surface area contributed by atoms with Gasteiger partial charge in [-0.2, -0.15) is 0 Å². The quantitative estimate of drug-likeness (QED) is 0.542. The fourth-order valence-corrected chi connectivity index (χ4v) is 4.25. The Morgan fingerprint density at radius 3 is 2.23 bits per heavy atom. The molecule has 3 aromatic rings.